The predicted octanol–water partition coefficient (Wildman–Crippen LogP) is 6.17. The maximum absolute atomic E-state index is 12.4. The maximum atomic E-state index is 12.4. The van der Waals surface area contributed by atoms with E-state index in [2.05, 4.69) is 28.3 Å². The first kappa shape index (κ1) is 21.4. The molecule has 4 aromatic rings. The molecule has 2 aromatic carbocycles. The van der Waals surface area contributed by atoms with Crippen molar-refractivity contribution in [2.45, 2.75) is 30.5 Å². The average molecular weight is 452 g/mol. The van der Waals surface area contributed by atoms with Gasteiger partial charge in [0.05, 0.1) is 12.0 Å². The predicted molar refractivity (Wildman–Crippen MR) is 126 cm³/mol. The van der Waals surface area contributed by atoms with Gasteiger partial charge in [-0.1, -0.05) is 60.6 Å². The minimum Gasteiger partial charge on any atom is -0.465 e. The van der Waals surface area contributed by atoms with E-state index in [1.54, 1.807) is 6.33 Å². The Kier molecular flexibility index (Phi) is 6.59. The quantitative estimate of drug-likeness (QED) is 0.191. The molecule has 0 aliphatic carbocycles. The lowest BCUT2D eigenvalue weighted by Gasteiger charge is -2.13. The molecule has 158 valence electrons. The van der Waals surface area contributed by atoms with Crippen molar-refractivity contribution in [2.75, 3.05) is 6.61 Å². The summed E-state index contributed by atoms with van der Waals surface area (Å²) in [4.78, 5) is 21.6. The molecule has 0 bridgehead atoms. The number of carbonyl (C=O) groups excluding carboxylic acids is 1. The fraction of sp³-hybridized carbons (Fsp3) is 0.208. The van der Waals surface area contributed by atoms with Gasteiger partial charge in [0, 0.05) is 22.5 Å². The van der Waals surface area contributed by atoms with Gasteiger partial charge in [-0.3, -0.25) is 4.79 Å². The molecule has 0 saturated carbocycles. The lowest BCUT2D eigenvalue weighted by molar-refractivity contribution is -0.142. The van der Waals surface area contributed by atoms with Gasteiger partial charge in [-0.25, -0.2) is 9.97 Å². The van der Waals surface area contributed by atoms with Gasteiger partial charge >= 0.3 is 5.97 Å². The molecule has 5 nitrogen and oxygen atoms in total. The molecule has 0 aliphatic heterocycles. The number of fused-ring (bicyclic) bond motifs is 1. The van der Waals surface area contributed by atoms with Crippen LogP contribution >= 0.6 is 23.4 Å². The third kappa shape index (κ3) is 4.45. The van der Waals surface area contributed by atoms with Gasteiger partial charge in [0.1, 0.15) is 22.3 Å². The van der Waals surface area contributed by atoms with Crippen LogP contribution in [0.25, 0.3) is 27.8 Å². The van der Waals surface area contributed by atoms with E-state index in [-0.39, 0.29) is 11.2 Å². The van der Waals surface area contributed by atoms with E-state index < -0.39 is 0 Å². The first-order chi connectivity index (χ1) is 15.1. The molecule has 0 aliphatic rings. The van der Waals surface area contributed by atoms with Crippen LogP contribution in [-0.2, 0) is 9.53 Å². The average Bonchev–Trinajstić information content (AvgIpc) is 3.19. The fourth-order valence-corrected chi connectivity index (χ4v) is 4.58. The highest BCUT2D eigenvalue weighted by Crippen LogP contribution is 2.38. The van der Waals surface area contributed by atoms with Crippen molar-refractivity contribution in [2.24, 2.45) is 0 Å². The Bertz CT molecular complexity index is 1190. The summed E-state index contributed by atoms with van der Waals surface area (Å²) in [5.74, 6) is -0.222. The monoisotopic (exact) mass is 451 g/mol. The van der Waals surface area contributed by atoms with Gasteiger partial charge in [-0.2, -0.15) is 0 Å². The van der Waals surface area contributed by atoms with Crippen LogP contribution in [0.15, 0.2) is 72.1 Å². The van der Waals surface area contributed by atoms with E-state index in [0.29, 0.717) is 18.1 Å². The van der Waals surface area contributed by atoms with Crippen molar-refractivity contribution in [1.29, 1.82) is 0 Å². The SMILES string of the molecule is CCOC(=O)[C@@H](CC)Sc1ncnc2c1c(-c1ccccc1)cn2-c1ccc(Cl)cc1. The van der Waals surface area contributed by atoms with Crippen LogP contribution in [0.1, 0.15) is 20.3 Å². The highest BCUT2D eigenvalue weighted by molar-refractivity contribution is 8.00. The van der Waals surface area contributed by atoms with E-state index in [4.69, 9.17) is 16.3 Å². The number of thioether (sulfide) groups is 1. The van der Waals surface area contributed by atoms with Crippen molar-refractivity contribution in [3.8, 4) is 16.8 Å². The third-order valence-corrected chi connectivity index (χ3v) is 6.51. The van der Waals surface area contributed by atoms with E-state index in [0.717, 1.165) is 32.9 Å². The van der Waals surface area contributed by atoms with E-state index in [1.165, 1.54) is 11.8 Å². The summed E-state index contributed by atoms with van der Waals surface area (Å²) >= 11 is 7.52. The van der Waals surface area contributed by atoms with Crippen molar-refractivity contribution < 1.29 is 9.53 Å². The number of ether oxygens (including phenoxy) is 1. The second-order valence-corrected chi connectivity index (χ2v) is 8.53. The van der Waals surface area contributed by atoms with Crippen LogP contribution in [0.4, 0.5) is 0 Å². The topological polar surface area (TPSA) is 57.0 Å². The standard InChI is InChI=1S/C24H22ClN3O2S/c1-3-20(24(29)30-4-2)31-23-21-19(16-8-6-5-7-9-16)14-28(22(21)26-15-27-23)18-12-10-17(25)11-13-18/h5-15,20H,3-4H2,1-2H3/t20-/m1/s1. The number of hydrogen-bond donors (Lipinski definition) is 0. The molecule has 1 atom stereocenters. The molecule has 0 spiro atoms. The number of rotatable bonds is 7. The third-order valence-electron chi connectivity index (χ3n) is 4.91. The van der Waals surface area contributed by atoms with E-state index in [9.17, 15) is 4.79 Å². The number of benzene rings is 2. The van der Waals surface area contributed by atoms with Gasteiger partial charge in [-0.15, -0.1) is 0 Å². The highest BCUT2D eigenvalue weighted by Gasteiger charge is 2.24. The van der Waals surface area contributed by atoms with Gasteiger partial charge in [0.15, 0.2) is 0 Å². The van der Waals surface area contributed by atoms with Gasteiger partial charge in [-0.05, 0) is 43.2 Å². The largest absolute Gasteiger partial charge is 0.465 e. The summed E-state index contributed by atoms with van der Waals surface area (Å²) in [5, 5.41) is 2.02. The number of halogens is 1. The van der Waals surface area contributed by atoms with E-state index in [1.807, 2.05) is 60.9 Å². The Morgan fingerprint density at radius 2 is 1.84 bits per heavy atom. The van der Waals surface area contributed by atoms with Gasteiger partial charge in [0.2, 0.25) is 0 Å². The molecular formula is C24H22ClN3O2S. The summed E-state index contributed by atoms with van der Waals surface area (Å²) < 4.78 is 7.29. The zero-order valence-corrected chi connectivity index (χ0v) is 18.9. The lowest BCUT2D eigenvalue weighted by atomic mass is 10.1. The molecule has 2 aromatic heterocycles. The number of esters is 1. The zero-order chi connectivity index (χ0) is 21.8. The Labute approximate surface area is 190 Å². The molecule has 0 saturated heterocycles. The Balaban J connectivity index is 1.90. The van der Waals surface area contributed by atoms with Gasteiger partial charge < -0.3 is 9.30 Å². The molecule has 31 heavy (non-hydrogen) atoms. The number of hydrogen-bond acceptors (Lipinski definition) is 5. The molecule has 0 N–H and O–H groups in total. The summed E-state index contributed by atoms with van der Waals surface area (Å²) in [7, 11) is 0. The maximum Gasteiger partial charge on any atom is 0.319 e. The van der Waals surface area contributed by atoms with Crippen molar-refractivity contribution in [3.05, 3.63) is 72.1 Å². The second kappa shape index (κ2) is 9.54. The van der Waals surface area contributed by atoms with Crippen LogP contribution in [-0.4, -0.2) is 32.4 Å². The molecule has 0 radical (unpaired) electrons. The summed E-state index contributed by atoms with van der Waals surface area (Å²) in [6.45, 7) is 4.15. The number of carbonyl (C=O) groups is 1. The Morgan fingerprint density at radius 1 is 1.10 bits per heavy atom. The minimum absolute atomic E-state index is 0.222. The molecule has 4 rings (SSSR count). The number of nitrogens with zero attached hydrogens (tertiary/aromatic N) is 3. The van der Waals surface area contributed by atoms with Crippen LogP contribution in [0.5, 0.6) is 0 Å². The molecular weight excluding hydrogens is 430 g/mol. The van der Waals surface area contributed by atoms with E-state index >= 15 is 0 Å². The number of aromatic nitrogens is 3. The normalized spacial score (nSPS) is 12.1. The zero-order valence-electron chi connectivity index (χ0n) is 17.3. The molecule has 2 heterocycles. The fourth-order valence-electron chi connectivity index (χ4n) is 3.43. The van der Waals surface area contributed by atoms with Crippen LogP contribution in [0.2, 0.25) is 5.02 Å². The molecule has 7 heteroatoms. The molecule has 0 fully saturated rings. The smallest absolute Gasteiger partial charge is 0.319 e. The van der Waals surface area contributed by atoms with Crippen LogP contribution in [0.3, 0.4) is 0 Å². The molecule has 0 unspecified atom stereocenters. The van der Waals surface area contributed by atoms with Gasteiger partial charge in [0.25, 0.3) is 0 Å². The summed E-state index contributed by atoms with van der Waals surface area (Å²) in [6.07, 6.45) is 4.25. The van der Waals surface area contributed by atoms with Crippen LogP contribution in [0, 0.1) is 0 Å². The minimum atomic E-state index is -0.333. The molecule has 0 amide bonds. The highest BCUT2D eigenvalue weighted by atomic mass is 35.5. The van der Waals surface area contributed by atoms with Crippen LogP contribution < -0.4 is 0 Å². The lowest BCUT2D eigenvalue weighted by Crippen LogP contribution is -2.19. The first-order valence-corrected chi connectivity index (χ1v) is 11.4. The van der Waals surface area contributed by atoms with Crippen molar-refractivity contribution in [3.63, 3.8) is 0 Å². The Morgan fingerprint density at radius 3 is 2.52 bits per heavy atom. The van der Waals surface area contributed by atoms with Crippen molar-refractivity contribution >= 4 is 40.4 Å². The summed E-state index contributed by atoms with van der Waals surface area (Å²) in [6, 6.07) is 17.7. The van der Waals surface area contributed by atoms with Crippen molar-refractivity contribution in [1.82, 2.24) is 14.5 Å². The Hall–Kier alpha value is -2.83. The second-order valence-electron chi connectivity index (χ2n) is 6.90. The summed E-state index contributed by atoms with van der Waals surface area (Å²) in [5.41, 5.74) is 3.79. The first-order valence-electron chi connectivity index (χ1n) is 10.1.